The summed E-state index contributed by atoms with van der Waals surface area (Å²) in [5.41, 5.74) is 2.95. The Hall–Kier alpha value is -3.09. The van der Waals surface area contributed by atoms with Gasteiger partial charge < -0.3 is 14.5 Å². The normalized spacial score (nSPS) is 10.9. The fraction of sp³-hybridized carbons (Fsp3) is 0.316. The Labute approximate surface area is 152 Å². The third-order valence-electron chi connectivity index (χ3n) is 3.43. The molecule has 1 aromatic carbocycles. The number of rotatable bonds is 8. The molecule has 0 atom stereocenters. The van der Waals surface area contributed by atoms with Crippen molar-refractivity contribution in [1.82, 2.24) is 10.7 Å². The maximum Gasteiger partial charge on any atom is 0.329 e. The number of carbonyl (C=O) groups is 2. The lowest BCUT2D eigenvalue weighted by Crippen LogP contribution is -2.37. The highest BCUT2D eigenvalue weighted by molar-refractivity contribution is 6.35. The molecule has 0 aliphatic rings. The molecule has 7 heteroatoms. The Morgan fingerprint density at radius 2 is 1.96 bits per heavy atom. The summed E-state index contributed by atoms with van der Waals surface area (Å²) in [4.78, 5) is 23.3. The van der Waals surface area contributed by atoms with Crippen LogP contribution < -0.4 is 15.5 Å². The highest BCUT2D eigenvalue weighted by Crippen LogP contribution is 2.12. The Kier molecular flexibility index (Phi) is 7.42. The number of hydrazone groups is 1. The van der Waals surface area contributed by atoms with E-state index in [1.165, 1.54) is 12.5 Å². The molecule has 0 saturated heterocycles. The van der Waals surface area contributed by atoms with Crippen LogP contribution >= 0.6 is 0 Å². The van der Waals surface area contributed by atoms with Crippen LogP contribution in [0.4, 0.5) is 0 Å². The van der Waals surface area contributed by atoms with Crippen LogP contribution in [0.15, 0.2) is 52.2 Å². The minimum absolute atomic E-state index is 0.140. The zero-order valence-electron chi connectivity index (χ0n) is 14.9. The second-order valence-electron chi connectivity index (χ2n) is 6.06. The first kappa shape index (κ1) is 19.2. The van der Waals surface area contributed by atoms with Gasteiger partial charge in [0.05, 0.1) is 25.6 Å². The molecule has 2 N–H and O–H groups in total. The SMILES string of the molecule is CC(C)CCOc1ccc(/C=N\NC(=O)C(=O)NCc2ccco2)cc1. The van der Waals surface area contributed by atoms with E-state index in [9.17, 15) is 9.59 Å². The molecule has 138 valence electrons. The van der Waals surface area contributed by atoms with Crippen LogP contribution in [-0.4, -0.2) is 24.6 Å². The van der Waals surface area contributed by atoms with Crippen LogP contribution in [0.25, 0.3) is 0 Å². The Balaban J connectivity index is 1.72. The first-order chi connectivity index (χ1) is 12.5. The number of carbonyl (C=O) groups excluding carboxylic acids is 2. The van der Waals surface area contributed by atoms with Crippen molar-refractivity contribution in [3.63, 3.8) is 0 Å². The van der Waals surface area contributed by atoms with Gasteiger partial charge in [-0.05, 0) is 54.3 Å². The molecule has 0 unspecified atom stereocenters. The molecule has 1 heterocycles. The number of amides is 2. The van der Waals surface area contributed by atoms with Crippen LogP contribution in [0.5, 0.6) is 5.75 Å². The molecule has 1 aromatic heterocycles. The fourth-order valence-electron chi connectivity index (χ4n) is 1.94. The molecule has 0 bridgehead atoms. The number of furan rings is 1. The standard InChI is InChI=1S/C19H23N3O4/c1-14(2)9-11-26-16-7-5-15(6-8-16)12-21-22-19(24)18(23)20-13-17-4-3-10-25-17/h3-8,10,12,14H,9,11,13H2,1-2H3,(H,20,23)(H,22,24)/b21-12-. The lowest BCUT2D eigenvalue weighted by molar-refractivity contribution is -0.139. The lowest BCUT2D eigenvalue weighted by Gasteiger charge is -2.07. The largest absolute Gasteiger partial charge is 0.494 e. The average Bonchev–Trinajstić information content (AvgIpc) is 3.14. The zero-order valence-corrected chi connectivity index (χ0v) is 14.9. The third-order valence-corrected chi connectivity index (χ3v) is 3.43. The molecule has 7 nitrogen and oxygen atoms in total. The van der Waals surface area contributed by atoms with Gasteiger partial charge in [-0.1, -0.05) is 13.8 Å². The zero-order chi connectivity index (χ0) is 18.8. The van der Waals surface area contributed by atoms with E-state index < -0.39 is 11.8 Å². The van der Waals surface area contributed by atoms with Crippen molar-refractivity contribution < 1.29 is 18.7 Å². The minimum atomic E-state index is -0.846. The van der Waals surface area contributed by atoms with Gasteiger partial charge in [0, 0.05) is 0 Å². The van der Waals surface area contributed by atoms with Gasteiger partial charge in [-0.15, -0.1) is 0 Å². The van der Waals surface area contributed by atoms with Gasteiger partial charge in [-0.2, -0.15) is 5.10 Å². The highest BCUT2D eigenvalue weighted by atomic mass is 16.5. The predicted octanol–water partition coefficient (Wildman–Crippen LogP) is 2.47. The molecule has 2 aromatic rings. The lowest BCUT2D eigenvalue weighted by atomic mass is 10.1. The number of hydrogen-bond acceptors (Lipinski definition) is 5. The van der Waals surface area contributed by atoms with Gasteiger partial charge in [0.1, 0.15) is 11.5 Å². The summed E-state index contributed by atoms with van der Waals surface area (Å²) in [6, 6.07) is 10.7. The van der Waals surface area contributed by atoms with E-state index in [0.717, 1.165) is 17.7 Å². The average molecular weight is 357 g/mol. The highest BCUT2D eigenvalue weighted by Gasteiger charge is 2.12. The van der Waals surface area contributed by atoms with Crippen molar-refractivity contribution in [2.24, 2.45) is 11.0 Å². The smallest absolute Gasteiger partial charge is 0.329 e. The van der Waals surface area contributed by atoms with Gasteiger partial charge in [-0.3, -0.25) is 9.59 Å². The fourth-order valence-corrected chi connectivity index (χ4v) is 1.94. The van der Waals surface area contributed by atoms with E-state index in [2.05, 4.69) is 29.7 Å². The van der Waals surface area contributed by atoms with Crippen LogP contribution in [0, 0.1) is 5.92 Å². The van der Waals surface area contributed by atoms with Gasteiger partial charge in [0.2, 0.25) is 0 Å². The summed E-state index contributed by atoms with van der Waals surface area (Å²) in [5, 5.41) is 6.21. The van der Waals surface area contributed by atoms with E-state index >= 15 is 0 Å². The maximum absolute atomic E-state index is 11.6. The monoisotopic (exact) mass is 357 g/mol. The first-order valence-electron chi connectivity index (χ1n) is 8.41. The number of nitrogens with zero attached hydrogens (tertiary/aromatic N) is 1. The molecule has 0 aliphatic carbocycles. The summed E-state index contributed by atoms with van der Waals surface area (Å²) in [5.74, 6) is 0.310. The van der Waals surface area contributed by atoms with Gasteiger partial charge in [-0.25, -0.2) is 5.43 Å². The maximum atomic E-state index is 11.6. The number of nitrogens with one attached hydrogen (secondary N) is 2. The van der Waals surface area contributed by atoms with Crippen molar-refractivity contribution in [2.75, 3.05) is 6.61 Å². The molecule has 0 radical (unpaired) electrons. The van der Waals surface area contributed by atoms with Crippen LogP contribution in [0.2, 0.25) is 0 Å². The van der Waals surface area contributed by atoms with Crippen molar-refractivity contribution >= 4 is 18.0 Å². The van der Waals surface area contributed by atoms with Gasteiger partial charge in [0.15, 0.2) is 0 Å². The van der Waals surface area contributed by atoms with E-state index in [1.807, 2.05) is 24.3 Å². The van der Waals surface area contributed by atoms with Crippen LogP contribution in [0.3, 0.4) is 0 Å². The second-order valence-corrected chi connectivity index (χ2v) is 6.06. The molecule has 2 amide bonds. The van der Waals surface area contributed by atoms with E-state index in [1.54, 1.807) is 12.1 Å². The Bertz CT molecular complexity index is 722. The van der Waals surface area contributed by atoms with Gasteiger partial charge in [0.25, 0.3) is 0 Å². The molecule has 0 spiro atoms. The number of benzene rings is 1. The Morgan fingerprint density at radius 3 is 2.62 bits per heavy atom. The topological polar surface area (TPSA) is 92.9 Å². The van der Waals surface area contributed by atoms with Crippen molar-refractivity contribution in [1.29, 1.82) is 0 Å². The number of ether oxygens (including phenoxy) is 1. The quantitative estimate of drug-likeness (QED) is 0.431. The van der Waals surface area contributed by atoms with E-state index in [-0.39, 0.29) is 6.54 Å². The van der Waals surface area contributed by atoms with Crippen molar-refractivity contribution in [2.45, 2.75) is 26.8 Å². The van der Waals surface area contributed by atoms with E-state index in [0.29, 0.717) is 18.3 Å². The molecule has 0 aliphatic heterocycles. The first-order valence-corrected chi connectivity index (χ1v) is 8.41. The summed E-state index contributed by atoms with van der Waals surface area (Å²) >= 11 is 0. The third kappa shape index (κ3) is 6.80. The van der Waals surface area contributed by atoms with Crippen molar-refractivity contribution in [3.8, 4) is 5.75 Å². The predicted molar refractivity (Wildman–Crippen MR) is 97.7 cm³/mol. The minimum Gasteiger partial charge on any atom is -0.494 e. The molecule has 0 saturated carbocycles. The molecular formula is C19H23N3O4. The van der Waals surface area contributed by atoms with Crippen molar-refractivity contribution in [3.05, 3.63) is 54.0 Å². The second kappa shape index (κ2) is 10.0. The van der Waals surface area contributed by atoms with E-state index in [4.69, 9.17) is 9.15 Å². The molecule has 0 fully saturated rings. The van der Waals surface area contributed by atoms with Crippen LogP contribution in [0.1, 0.15) is 31.6 Å². The molecule has 26 heavy (non-hydrogen) atoms. The molecule has 2 rings (SSSR count). The number of hydrogen-bond donors (Lipinski definition) is 2. The van der Waals surface area contributed by atoms with Gasteiger partial charge >= 0.3 is 11.8 Å². The summed E-state index contributed by atoms with van der Waals surface area (Å²) in [6.45, 7) is 5.11. The van der Waals surface area contributed by atoms with Crippen LogP contribution in [-0.2, 0) is 16.1 Å². The summed E-state index contributed by atoms with van der Waals surface area (Å²) in [6.07, 6.45) is 3.94. The summed E-state index contributed by atoms with van der Waals surface area (Å²) < 4.78 is 10.7. The Morgan fingerprint density at radius 1 is 1.19 bits per heavy atom. The summed E-state index contributed by atoms with van der Waals surface area (Å²) in [7, 11) is 0. The molecular weight excluding hydrogens is 334 g/mol.